The fraction of sp³-hybridized carbons (Fsp3) is 0.636. The zero-order valence-corrected chi connectivity index (χ0v) is 8.51. The highest BCUT2D eigenvalue weighted by Crippen LogP contribution is 2.26. The molecule has 0 aromatic rings. The van der Waals surface area contributed by atoms with E-state index in [4.69, 9.17) is 5.73 Å². The molecule has 70 valence electrons. The Kier molecular flexibility index (Phi) is 4.72. The van der Waals surface area contributed by atoms with Gasteiger partial charge < -0.3 is 5.73 Å². The lowest BCUT2D eigenvalue weighted by atomic mass is 9.81. The molecule has 0 heterocycles. The minimum Gasteiger partial charge on any atom is -0.402 e. The zero-order valence-electron chi connectivity index (χ0n) is 8.51. The third kappa shape index (κ3) is 2.72. The van der Waals surface area contributed by atoms with Crippen molar-refractivity contribution in [2.75, 3.05) is 0 Å². The molecule has 0 saturated heterocycles. The van der Waals surface area contributed by atoms with E-state index in [1.807, 2.05) is 6.08 Å². The second-order valence-corrected chi connectivity index (χ2v) is 3.53. The van der Waals surface area contributed by atoms with Crippen molar-refractivity contribution >= 4 is 0 Å². The van der Waals surface area contributed by atoms with Gasteiger partial charge in [0.2, 0.25) is 0 Å². The summed E-state index contributed by atoms with van der Waals surface area (Å²) in [6.07, 6.45) is 3.15. The van der Waals surface area contributed by atoms with Crippen molar-refractivity contribution in [3.05, 3.63) is 24.9 Å². The van der Waals surface area contributed by atoms with Crippen LogP contribution in [0.25, 0.3) is 0 Å². The summed E-state index contributed by atoms with van der Waals surface area (Å²) < 4.78 is 0. The molecule has 0 aliphatic carbocycles. The monoisotopic (exact) mass is 167 g/mol. The molecule has 0 bridgehead atoms. The maximum absolute atomic E-state index is 5.66. The molecule has 0 rings (SSSR count). The highest BCUT2D eigenvalue weighted by Gasteiger charge is 2.19. The third-order valence-corrected chi connectivity index (χ3v) is 2.82. The van der Waals surface area contributed by atoms with Crippen LogP contribution in [0.1, 0.15) is 27.2 Å². The van der Waals surface area contributed by atoms with Gasteiger partial charge in [0.1, 0.15) is 0 Å². The van der Waals surface area contributed by atoms with E-state index in [1.165, 1.54) is 0 Å². The first kappa shape index (κ1) is 11.3. The lowest BCUT2D eigenvalue weighted by molar-refractivity contribution is 0.331. The molecule has 1 nitrogen and oxygen atoms in total. The second-order valence-electron chi connectivity index (χ2n) is 3.53. The first-order valence-corrected chi connectivity index (χ1v) is 4.61. The lowest BCUT2D eigenvalue weighted by Crippen LogP contribution is -2.21. The number of hydrogen-bond acceptors (Lipinski definition) is 1. The Hall–Kier alpha value is -0.720. The van der Waals surface area contributed by atoms with Crippen LogP contribution in [0.15, 0.2) is 24.9 Å². The van der Waals surface area contributed by atoms with Gasteiger partial charge in [0, 0.05) is 5.70 Å². The Morgan fingerprint density at radius 3 is 2.25 bits per heavy atom. The summed E-state index contributed by atoms with van der Waals surface area (Å²) >= 11 is 0. The van der Waals surface area contributed by atoms with Gasteiger partial charge in [-0.1, -0.05) is 33.4 Å². The Balaban J connectivity index is 4.24. The van der Waals surface area contributed by atoms with Crippen molar-refractivity contribution in [1.82, 2.24) is 0 Å². The van der Waals surface area contributed by atoms with Crippen LogP contribution in [0, 0.1) is 17.8 Å². The summed E-state index contributed by atoms with van der Waals surface area (Å²) in [6, 6.07) is 0. The van der Waals surface area contributed by atoms with Crippen LogP contribution < -0.4 is 5.73 Å². The second kappa shape index (κ2) is 5.02. The van der Waals surface area contributed by atoms with Crippen LogP contribution in [0.5, 0.6) is 0 Å². The van der Waals surface area contributed by atoms with Crippen molar-refractivity contribution < 1.29 is 0 Å². The molecule has 0 aromatic carbocycles. The normalized spacial score (nSPS) is 17.9. The van der Waals surface area contributed by atoms with Gasteiger partial charge in [0.25, 0.3) is 0 Å². The number of allylic oxidation sites excluding steroid dienone is 2. The van der Waals surface area contributed by atoms with Gasteiger partial charge in [0.15, 0.2) is 0 Å². The van der Waals surface area contributed by atoms with Gasteiger partial charge in [-0.05, 0) is 24.2 Å². The van der Waals surface area contributed by atoms with Gasteiger partial charge >= 0.3 is 0 Å². The van der Waals surface area contributed by atoms with E-state index in [0.29, 0.717) is 17.8 Å². The Morgan fingerprint density at radius 2 is 2.00 bits per heavy atom. The topological polar surface area (TPSA) is 26.0 Å². The summed E-state index contributed by atoms with van der Waals surface area (Å²) in [4.78, 5) is 0. The van der Waals surface area contributed by atoms with Crippen molar-refractivity contribution in [3.8, 4) is 0 Å². The molecule has 2 N–H and O–H groups in total. The standard InChI is InChI=1S/C11H21N/c1-6-11(7-2)9(4)8(3)10(5)12/h6,8-9,11H,1,5,7,12H2,2-4H3. The summed E-state index contributed by atoms with van der Waals surface area (Å²) in [5, 5.41) is 0. The molecule has 3 unspecified atom stereocenters. The van der Waals surface area contributed by atoms with Gasteiger partial charge in [0.05, 0.1) is 0 Å². The molecular formula is C11H21N. The Morgan fingerprint density at radius 1 is 1.50 bits per heavy atom. The van der Waals surface area contributed by atoms with Gasteiger partial charge in [-0.2, -0.15) is 0 Å². The number of rotatable bonds is 5. The van der Waals surface area contributed by atoms with Crippen molar-refractivity contribution in [3.63, 3.8) is 0 Å². The van der Waals surface area contributed by atoms with Crippen LogP contribution in [0.2, 0.25) is 0 Å². The molecular weight excluding hydrogens is 146 g/mol. The molecule has 0 radical (unpaired) electrons. The van der Waals surface area contributed by atoms with E-state index in [1.54, 1.807) is 0 Å². The fourth-order valence-electron chi connectivity index (χ4n) is 1.46. The zero-order chi connectivity index (χ0) is 9.72. The SMILES string of the molecule is C=CC(CC)C(C)C(C)C(=C)N. The van der Waals surface area contributed by atoms with Gasteiger partial charge in [-0.25, -0.2) is 0 Å². The molecule has 3 atom stereocenters. The van der Waals surface area contributed by atoms with E-state index < -0.39 is 0 Å². The molecule has 0 amide bonds. The van der Waals surface area contributed by atoms with Crippen LogP contribution in [0.3, 0.4) is 0 Å². The number of nitrogens with two attached hydrogens (primary N) is 1. The Labute approximate surface area is 76.3 Å². The predicted octanol–water partition coefficient (Wildman–Crippen LogP) is 2.94. The molecule has 12 heavy (non-hydrogen) atoms. The maximum Gasteiger partial charge on any atom is 0.00391 e. The van der Waals surface area contributed by atoms with E-state index in [2.05, 4.69) is 33.9 Å². The van der Waals surface area contributed by atoms with Crippen molar-refractivity contribution in [2.45, 2.75) is 27.2 Å². The summed E-state index contributed by atoms with van der Waals surface area (Å²) in [5.74, 6) is 1.48. The highest BCUT2D eigenvalue weighted by atomic mass is 14.6. The molecule has 0 aliphatic heterocycles. The van der Waals surface area contributed by atoms with E-state index in [0.717, 1.165) is 12.1 Å². The quantitative estimate of drug-likeness (QED) is 0.626. The van der Waals surface area contributed by atoms with Crippen molar-refractivity contribution in [2.24, 2.45) is 23.5 Å². The first-order valence-electron chi connectivity index (χ1n) is 4.61. The van der Waals surface area contributed by atoms with Crippen LogP contribution >= 0.6 is 0 Å². The molecule has 0 fully saturated rings. The lowest BCUT2D eigenvalue weighted by Gasteiger charge is -2.25. The highest BCUT2D eigenvalue weighted by molar-refractivity contribution is 4.98. The molecule has 1 heteroatoms. The summed E-state index contributed by atoms with van der Waals surface area (Å²) in [7, 11) is 0. The van der Waals surface area contributed by atoms with Crippen LogP contribution in [-0.2, 0) is 0 Å². The first-order chi connectivity index (χ1) is 5.54. The average Bonchev–Trinajstić information content (AvgIpc) is 2.05. The Bertz CT molecular complexity index is 158. The minimum atomic E-state index is 0.382. The molecule has 0 spiro atoms. The van der Waals surface area contributed by atoms with Crippen LogP contribution in [0.4, 0.5) is 0 Å². The van der Waals surface area contributed by atoms with Crippen molar-refractivity contribution in [1.29, 1.82) is 0 Å². The molecule has 0 saturated carbocycles. The van der Waals surface area contributed by atoms with Gasteiger partial charge in [-0.15, -0.1) is 6.58 Å². The largest absolute Gasteiger partial charge is 0.402 e. The van der Waals surface area contributed by atoms with Gasteiger partial charge in [-0.3, -0.25) is 0 Å². The minimum absolute atomic E-state index is 0.382. The van der Waals surface area contributed by atoms with E-state index >= 15 is 0 Å². The fourth-order valence-corrected chi connectivity index (χ4v) is 1.46. The number of hydrogen-bond donors (Lipinski definition) is 1. The average molecular weight is 167 g/mol. The third-order valence-electron chi connectivity index (χ3n) is 2.82. The van der Waals surface area contributed by atoms with E-state index in [-0.39, 0.29) is 0 Å². The van der Waals surface area contributed by atoms with Crippen LogP contribution in [-0.4, -0.2) is 0 Å². The smallest absolute Gasteiger partial charge is 0.00391 e. The summed E-state index contributed by atoms with van der Waals surface area (Å²) in [6.45, 7) is 14.1. The van der Waals surface area contributed by atoms with E-state index in [9.17, 15) is 0 Å². The maximum atomic E-state index is 5.66. The molecule has 0 aromatic heterocycles. The summed E-state index contributed by atoms with van der Waals surface area (Å²) in [5.41, 5.74) is 6.44. The predicted molar refractivity (Wildman–Crippen MR) is 55.6 cm³/mol. The molecule has 0 aliphatic rings.